The topological polar surface area (TPSA) is 0 Å². The van der Waals surface area contributed by atoms with E-state index < -0.39 is 0 Å². The molecule has 110 valence electrons. The quantitative estimate of drug-likeness (QED) is 0.292. The van der Waals surface area contributed by atoms with Crippen molar-refractivity contribution in [1.82, 2.24) is 0 Å². The third kappa shape index (κ3) is 36.0. The van der Waals surface area contributed by atoms with Crippen LogP contribution in [0, 0.1) is 0 Å². The van der Waals surface area contributed by atoms with Crippen LogP contribution in [0.25, 0.3) is 0 Å². The molecule has 0 fully saturated rings. The van der Waals surface area contributed by atoms with Gasteiger partial charge in [-0.15, -0.1) is 0 Å². The predicted molar refractivity (Wildman–Crippen MR) is 72.5 cm³/mol. The minimum absolute atomic E-state index is 0. The van der Waals surface area contributed by atoms with Crippen LogP contribution < -0.4 is 24.8 Å². The van der Waals surface area contributed by atoms with Gasteiger partial charge in [-0.2, -0.15) is 0 Å². The van der Waals surface area contributed by atoms with Gasteiger partial charge >= 0.3 is 121 Å². The normalized spacial score (nSPS) is 8.75. The molecule has 0 aromatic carbocycles. The Morgan fingerprint density at radius 1 is 0.562 bits per heavy atom. The fourth-order valence-corrected chi connectivity index (χ4v) is 14.9. The largest absolute Gasteiger partial charge is 1.00 e. The maximum absolute atomic E-state index is 2.22. The molecule has 0 heterocycles. The summed E-state index contributed by atoms with van der Waals surface area (Å²) >= 11 is 0.900. The van der Waals surface area contributed by atoms with Crippen LogP contribution in [-0.4, -0.2) is 23.0 Å². The Labute approximate surface area is 143 Å². The van der Waals surface area contributed by atoms with Crippen molar-refractivity contribution in [2.45, 2.75) is 27.7 Å². The Balaban J connectivity index is -0.0000000800. The third-order valence-corrected chi connectivity index (χ3v) is 19.9. The van der Waals surface area contributed by atoms with Gasteiger partial charge in [-0.25, -0.2) is 0 Å². The van der Waals surface area contributed by atoms with Crippen LogP contribution in [0.4, 0.5) is 0 Å². The van der Waals surface area contributed by atoms with Crippen molar-refractivity contribution in [2.24, 2.45) is 0 Å². The Morgan fingerprint density at radius 3 is 0.875 bits per heavy atom. The van der Waals surface area contributed by atoms with Gasteiger partial charge in [-0.1, -0.05) is 0 Å². The van der Waals surface area contributed by atoms with E-state index in [9.17, 15) is 0 Å². The standard InChI is InChI=1S/4C2H6S.2ClH.2Pt/c4*1-2-3;;;;/h4*3H,2H2,1H3;2*1H;;/q;;;;;;2*+3/p-6. The molecule has 16 heavy (non-hydrogen) atoms. The molecule has 0 N–H and O–H groups in total. The zero-order valence-corrected chi connectivity index (χ0v) is 19.2. The van der Waals surface area contributed by atoms with Crippen molar-refractivity contribution in [3.63, 3.8) is 0 Å². The molecule has 0 unspecified atom stereocenters. The van der Waals surface area contributed by atoms with Crippen molar-refractivity contribution in [3.8, 4) is 0 Å². The SMILES string of the molecule is CC[S][Pt+][S]CC.CC[S][Pt+][S]CC.[Cl-].[Cl-]. The summed E-state index contributed by atoms with van der Waals surface area (Å²) in [6.07, 6.45) is 0. The summed E-state index contributed by atoms with van der Waals surface area (Å²) < 4.78 is 0. The van der Waals surface area contributed by atoms with Gasteiger partial charge in [0.25, 0.3) is 0 Å². The first kappa shape index (κ1) is 27.7. The van der Waals surface area contributed by atoms with Gasteiger partial charge in [0.15, 0.2) is 0 Å². The average Bonchev–Trinajstić information content (AvgIpc) is 2.21. The molecule has 0 aliphatic carbocycles. The van der Waals surface area contributed by atoms with E-state index in [2.05, 4.69) is 65.6 Å². The number of hydrogen-bond donors (Lipinski definition) is 0. The molecule has 0 nitrogen and oxygen atoms in total. The molecule has 0 amide bonds. The van der Waals surface area contributed by atoms with Crippen molar-refractivity contribution >= 4 is 37.9 Å². The zero-order chi connectivity index (χ0) is 11.1. The van der Waals surface area contributed by atoms with Crippen LogP contribution >= 0.6 is 37.9 Å². The van der Waals surface area contributed by atoms with Crippen LogP contribution in [-0.2, 0) is 32.0 Å². The van der Waals surface area contributed by atoms with Crippen molar-refractivity contribution in [3.05, 3.63) is 0 Å². The molecule has 0 aliphatic heterocycles. The van der Waals surface area contributed by atoms with Crippen LogP contribution in [0.3, 0.4) is 0 Å². The number of rotatable bonds is 8. The first-order chi connectivity index (χ1) is 6.83. The van der Waals surface area contributed by atoms with Crippen molar-refractivity contribution in [1.29, 1.82) is 0 Å². The first-order valence-corrected chi connectivity index (χ1v) is 19.0. The summed E-state index contributed by atoms with van der Waals surface area (Å²) in [6, 6.07) is 0. The molecule has 0 aromatic heterocycles. The fraction of sp³-hybridized carbons (Fsp3) is 1.00. The van der Waals surface area contributed by atoms with Gasteiger partial charge in [0.05, 0.1) is 0 Å². The molecule has 0 rings (SSSR count). The smallest absolute Gasteiger partial charge is 1.00 e. The number of hydrogen-bond acceptors (Lipinski definition) is 4. The van der Waals surface area contributed by atoms with Crippen LogP contribution in [0.1, 0.15) is 27.7 Å². The third-order valence-electron chi connectivity index (χ3n) is 0.514. The molecule has 8 heteroatoms. The molecule has 0 saturated heterocycles. The summed E-state index contributed by atoms with van der Waals surface area (Å²) in [7, 11) is 8.43. The van der Waals surface area contributed by atoms with Gasteiger partial charge in [0.1, 0.15) is 0 Å². The van der Waals surface area contributed by atoms with Gasteiger partial charge in [-0.05, 0) is 0 Å². The van der Waals surface area contributed by atoms with E-state index >= 15 is 0 Å². The summed E-state index contributed by atoms with van der Waals surface area (Å²) in [5.41, 5.74) is 0. The molecule has 0 saturated carbocycles. The zero-order valence-electron chi connectivity index (χ0n) is 9.85. The Morgan fingerprint density at radius 2 is 0.750 bits per heavy atom. The second-order valence-electron chi connectivity index (χ2n) is 1.63. The van der Waals surface area contributed by atoms with Gasteiger partial charge in [0, 0.05) is 0 Å². The fourth-order valence-electron chi connectivity index (χ4n) is 0.202. The average molecular weight is 706 g/mol. The monoisotopic (exact) mass is 704 g/mol. The molecular weight excluding hydrogens is 685 g/mol. The summed E-state index contributed by atoms with van der Waals surface area (Å²) in [6.45, 7) is 8.89. The molecule has 0 spiro atoms. The Kier molecular flexibility index (Phi) is 53.6. The second-order valence-corrected chi connectivity index (χ2v) is 20.2. The molecular formula is C8H20Cl2Pt2S4. The van der Waals surface area contributed by atoms with Crippen LogP contribution in [0.15, 0.2) is 0 Å². The molecule has 0 aliphatic rings. The van der Waals surface area contributed by atoms with E-state index in [1.54, 1.807) is 0 Å². The maximum atomic E-state index is 2.22. The van der Waals surface area contributed by atoms with Crippen LogP contribution in [0.5, 0.6) is 0 Å². The summed E-state index contributed by atoms with van der Waals surface area (Å²) in [4.78, 5) is 0. The Bertz CT molecular complexity index is 76.4. The Hall–Kier alpha value is 3.36. The molecule has 0 atom stereocenters. The van der Waals surface area contributed by atoms with E-state index in [0.717, 1.165) is 0 Å². The minimum atomic E-state index is 0. The molecule has 0 aromatic rings. The van der Waals surface area contributed by atoms with E-state index in [1.165, 1.54) is 23.0 Å². The van der Waals surface area contributed by atoms with Crippen LogP contribution in [0.2, 0.25) is 0 Å². The number of halogens is 2. The van der Waals surface area contributed by atoms with Gasteiger partial charge < -0.3 is 24.8 Å². The van der Waals surface area contributed by atoms with Gasteiger partial charge in [0.2, 0.25) is 0 Å². The van der Waals surface area contributed by atoms with E-state index in [1.807, 2.05) is 0 Å². The van der Waals surface area contributed by atoms with Crippen molar-refractivity contribution < 1.29 is 56.8 Å². The summed E-state index contributed by atoms with van der Waals surface area (Å²) in [5.74, 6) is 5.23. The minimum Gasteiger partial charge on any atom is -1.00 e. The van der Waals surface area contributed by atoms with E-state index in [0.29, 0.717) is 32.0 Å². The van der Waals surface area contributed by atoms with E-state index in [-0.39, 0.29) is 24.8 Å². The van der Waals surface area contributed by atoms with Crippen molar-refractivity contribution in [2.75, 3.05) is 23.0 Å². The molecule has 0 bridgehead atoms. The summed E-state index contributed by atoms with van der Waals surface area (Å²) in [5, 5.41) is 0. The predicted octanol–water partition coefficient (Wildman–Crippen LogP) is -1.18. The molecule has 0 radical (unpaired) electrons. The van der Waals surface area contributed by atoms with Gasteiger partial charge in [-0.3, -0.25) is 0 Å². The second kappa shape index (κ2) is 31.0. The first-order valence-electron chi connectivity index (χ1n) is 4.50. The van der Waals surface area contributed by atoms with E-state index in [4.69, 9.17) is 0 Å². The maximum Gasteiger partial charge on any atom is -1.00 e.